The normalized spacial score (nSPS) is 10.5. The first-order chi connectivity index (χ1) is 21.9. The van der Waals surface area contributed by atoms with Crippen molar-refractivity contribution in [3.63, 3.8) is 0 Å². The third-order valence-corrected chi connectivity index (χ3v) is 6.79. The molecule has 4 aromatic carbocycles. The maximum atomic E-state index is 13.0. The van der Waals surface area contributed by atoms with Crippen molar-refractivity contribution in [3.05, 3.63) is 114 Å². The lowest BCUT2D eigenvalue weighted by atomic mass is 10.1. The van der Waals surface area contributed by atoms with E-state index in [9.17, 15) is 14.7 Å². The number of carboxylic acid groups (broad SMARTS) is 1. The number of carboxylic acids is 1. The van der Waals surface area contributed by atoms with Gasteiger partial charge in [-0.1, -0.05) is 84.4 Å². The Morgan fingerprint density at radius 1 is 0.800 bits per heavy atom. The van der Waals surface area contributed by atoms with Crippen LogP contribution in [0.3, 0.4) is 0 Å². The van der Waals surface area contributed by atoms with Gasteiger partial charge in [-0.2, -0.15) is 15.0 Å². The van der Waals surface area contributed by atoms with Crippen LogP contribution in [0.2, 0.25) is 0 Å². The summed E-state index contributed by atoms with van der Waals surface area (Å²) in [6.07, 6.45) is -0.141. The summed E-state index contributed by atoms with van der Waals surface area (Å²) in [5, 5.41) is 18.1. The number of amides is 2. The molecule has 11 heteroatoms. The number of nitrogens with zero attached hydrogens (tertiary/aromatic N) is 4. The number of ether oxygens (including phenoxy) is 1. The molecule has 5 rings (SSSR count). The zero-order chi connectivity index (χ0) is 31.6. The van der Waals surface area contributed by atoms with E-state index in [2.05, 4.69) is 30.9 Å². The number of methoxy groups -OCH3 is 1. The number of hydrogen-bond acceptors (Lipinski definition) is 8. The maximum absolute atomic E-state index is 13.0. The van der Waals surface area contributed by atoms with Gasteiger partial charge in [-0.05, 0) is 47.9 Å². The highest BCUT2D eigenvalue weighted by Crippen LogP contribution is 2.25. The fourth-order valence-electron chi connectivity index (χ4n) is 4.64. The summed E-state index contributed by atoms with van der Waals surface area (Å²) in [6, 6.07) is 32.1. The molecule has 5 aromatic rings. The Balaban J connectivity index is 1.46. The Morgan fingerprint density at radius 3 is 2.24 bits per heavy atom. The molecule has 0 bridgehead atoms. The van der Waals surface area contributed by atoms with Gasteiger partial charge in [0, 0.05) is 18.8 Å². The number of anilines is 5. The Bertz CT molecular complexity index is 1760. The molecule has 0 saturated carbocycles. The average Bonchev–Trinajstić information content (AvgIpc) is 3.04. The Kier molecular flexibility index (Phi) is 9.80. The van der Waals surface area contributed by atoms with Crippen molar-refractivity contribution in [1.29, 1.82) is 0 Å². The van der Waals surface area contributed by atoms with Gasteiger partial charge < -0.3 is 25.4 Å². The van der Waals surface area contributed by atoms with Gasteiger partial charge in [0.2, 0.25) is 17.8 Å². The molecule has 0 aliphatic carbocycles. The molecule has 1 heterocycles. The van der Waals surface area contributed by atoms with E-state index in [0.717, 1.165) is 22.3 Å². The molecular formula is C34H33N7O4. The third-order valence-electron chi connectivity index (χ3n) is 6.79. The highest BCUT2D eigenvalue weighted by Gasteiger charge is 2.18. The van der Waals surface area contributed by atoms with Gasteiger partial charge in [0.25, 0.3) is 0 Å². The monoisotopic (exact) mass is 603 g/mol. The van der Waals surface area contributed by atoms with Crippen molar-refractivity contribution in [2.24, 2.45) is 0 Å². The van der Waals surface area contributed by atoms with Crippen LogP contribution < -0.4 is 25.6 Å². The van der Waals surface area contributed by atoms with Crippen LogP contribution in [0, 0.1) is 6.92 Å². The molecule has 0 aliphatic heterocycles. The Hall–Kier alpha value is -5.97. The first-order valence-electron chi connectivity index (χ1n) is 14.3. The Morgan fingerprint density at radius 2 is 1.51 bits per heavy atom. The van der Waals surface area contributed by atoms with Crippen LogP contribution in [0.1, 0.15) is 17.5 Å². The molecule has 0 unspecified atom stereocenters. The molecule has 1 aromatic heterocycles. The summed E-state index contributed by atoms with van der Waals surface area (Å²) >= 11 is 0. The van der Waals surface area contributed by atoms with Gasteiger partial charge in [-0.3, -0.25) is 10.1 Å². The van der Waals surface area contributed by atoms with Crippen LogP contribution in [-0.4, -0.2) is 45.7 Å². The van der Waals surface area contributed by atoms with Gasteiger partial charge in [0.1, 0.15) is 5.75 Å². The van der Waals surface area contributed by atoms with Crippen molar-refractivity contribution in [2.45, 2.75) is 19.9 Å². The van der Waals surface area contributed by atoms with Gasteiger partial charge in [-0.25, -0.2) is 4.79 Å². The minimum Gasteiger partial charge on any atom is -0.495 e. The fraction of sp³-hybridized carbons (Fsp3) is 0.147. The molecule has 0 atom stereocenters. The molecule has 2 amide bonds. The smallest absolute Gasteiger partial charge is 0.326 e. The number of carbonyl (C=O) groups excluding carboxylic acids is 1. The van der Waals surface area contributed by atoms with Crippen LogP contribution in [0.25, 0.3) is 11.1 Å². The topological polar surface area (TPSA) is 142 Å². The van der Waals surface area contributed by atoms with Gasteiger partial charge in [-0.15, -0.1) is 0 Å². The van der Waals surface area contributed by atoms with Crippen LogP contribution in [0.4, 0.5) is 34.0 Å². The zero-order valence-corrected chi connectivity index (χ0v) is 24.9. The second-order valence-corrected chi connectivity index (χ2v) is 10.2. The van der Waals surface area contributed by atoms with E-state index >= 15 is 0 Å². The van der Waals surface area contributed by atoms with E-state index in [1.165, 1.54) is 7.11 Å². The standard InChI is InChI=1S/C34H33N7O4/c1-23-9-8-10-24(21-23)22-41(20-19-30(42)43)33-38-31(35-27-17-15-26(16-18-27)25-11-4-3-5-12-25)37-32(39-33)40-34(44)36-28-13-6-7-14-29(28)45-2/h3-18,21H,19-20,22H2,1-2H3,(H,42,43)(H3,35,36,37,38,39,40,44). The van der Waals surface area contributed by atoms with Crippen LogP contribution in [0.15, 0.2) is 103 Å². The van der Waals surface area contributed by atoms with E-state index < -0.39 is 12.0 Å². The van der Waals surface area contributed by atoms with E-state index in [1.54, 1.807) is 29.2 Å². The van der Waals surface area contributed by atoms with Crippen molar-refractivity contribution < 1.29 is 19.4 Å². The quantitative estimate of drug-likeness (QED) is 0.122. The second-order valence-electron chi connectivity index (χ2n) is 10.2. The first kappa shape index (κ1) is 30.5. The maximum Gasteiger partial charge on any atom is 0.326 e. The zero-order valence-electron chi connectivity index (χ0n) is 24.9. The number of aryl methyl sites for hydroxylation is 1. The number of aromatic nitrogens is 3. The van der Waals surface area contributed by atoms with Crippen molar-refractivity contribution in [2.75, 3.05) is 34.5 Å². The molecule has 0 saturated heterocycles. The summed E-state index contributed by atoms with van der Waals surface area (Å²) in [4.78, 5) is 39.9. The molecular weight excluding hydrogens is 570 g/mol. The number of benzene rings is 4. The molecule has 45 heavy (non-hydrogen) atoms. The van der Waals surface area contributed by atoms with Gasteiger partial charge in [0.05, 0.1) is 19.2 Å². The van der Waals surface area contributed by atoms with Gasteiger partial charge >= 0.3 is 12.0 Å². The van der Waals surface area contributed by atoms with E-state index in [4.69, 9.17) is 4.74 Å². The summed E-state index contributed by atoms with van der Waals surface area (Å²) in [6.45, 7) is 2.46. The SMILES string of the molecule is COc1ccccc1NC(=O)Nc1nc(Nc2ccc(-c3ccccc3)cc2)nc(N(CCC(=O)O)Cc2cccc(C)c2)n1. The lowest BCUT2D eigenvalue weighted by Crippen LogP contribution is -2.29. The minimum atomic E-state index is -0.954. The molecule has 4 N–H and O–H groups in total. The van der Waals surface area contributed by atoms with Crippen LogP contribution >= 0.6 is 0 Å². The Labute approximate surface area is 261 Å². The third kappa shape index (κ3) is 8.54. The molecule has 0 radical (unpaired) electrons. The number of carbonyl (C=O) groups is 2. The highest BCUT2D eigenvalue weighted by molar-refractivity contribution is 5.99. The first-order valence-corrected chi connectivity index (χ1v) is 14.3. The lowest BCUT2D eigenvalue weighted by Gasteiger charge is -2.23. The van der Waals surface area contributed by atoms with Crippen molar-refractivity contribution >= 4 is 41.2 Å². The predicted octanol–water partition coefficient (Wildman–Crippen LogP) is 6.72. The van der Waals surface area contributed by atoms with Crippen LogP contribution in [-0.2, 0) is 11.3 Å². The molecule has 11 nitrogen and oxygen atoms in total. The second kappa shape index (κ2) is 14.5. The summed E-state index contributed by atoms with van der Waals surface area (Å²) in [7, 11) is 1.51. The minimum absolute atomic E-state index is 0.0274. The number of nitrogens with one attached hydrogen (secondary N) is 3. The predicted molar refractivity (Wildman–Crippen MR) is 175 cm³/mol. The van der Waals surface area contributed by atoms with E-state index in [1.807, 2.05) is 85.8 Å². The molecule has 228 valence electrons. The number of urea groups is 1. The molecule has 0 fully saturated rings. The van der Waals surface area contributed by atoms with Crippen molar-refractivity contribution in [3.8, 4) is 16.9 Å². The van der Waals surface area contributed by atoms with Crippen molar-refractivity contribution in [1.82, 2.24) is 15.0 Å². The number of hydrogen-bond donors (Lipinski definition) is 4. The average molecular weight is 604 g/mol. The summed E-state index contributed by atoms with van der Waals surface area (Å²) in [5.41, 5.74) is 5.33. The van der Waals surface area contributed by atoms with E-state index in [0.29, 0.717) is 23.7 Å². The largest absolute Gasteiger partial charge is 0.495 e. The van der Waals surface area contributed by atoms with E-state index in [-0.39, 0.29) is 30.8 Å². The lowest BCUT2D eigenvalue weighted by molar-refractivity contribution is -0.136. The summed E-state index contributed by atoms with van der Waals surface area (Å²) in [5.74, 6) is -0.123. The summed E-state index contributed by atoms with van der Waals surface area (Å²) < 4.78 is 5.33. The number of para-hydroxylation sites is 2. The fourth-order valence-corrected chi connectivity index (χ4v) is 4.64. The van der Waals surface area contributed by atoms with Crippen LogP contribution in [0.5, 0.6) is 5.75 Å². The number of rotatable bonds is 12. The highest BCUT2D eigenvalue weighted by atomic mass is 16.5. The van der Waals surface area contributed by atoms with Gasteiger partial charge in [0.15, 0.2) is 0 Å². The number of aliphatic carboxylic acids is 1. The molecule has 0 spiro atoms. The molecule has 0 aliphatic rings.